The van der Waals surface area contributed by atoms with Gasteiger partial charge in [-0.3, -0.25) is 9.67 Å². The van der Waals surface area contributed by atoms with E-state index < -0.39 is 0 Å². The first-order chi connectivity index (χ1) is 13.1. The summed E-state index contributed by atoms with van der Waals surface area (Å²) in [5.74, 6) is 0.376. The van der Waals surface area contributed by atoms with Crippen LogP contribution in [0.4, 0.5) is 4.39 Å². The first kappa shape index (κ1) is 17.4. The first-order valence-electron chi connectivity index (χ1n) is 8.73. The molecule has 3 aromatic carbocycles. The van der Waals surface area contributed by atoms with Crippen molar-refractivity contribution < 1.29 is 4.39 Å². The Bertz CT molecular complexity index is 1120. The summed E-state index contributed by atoms with van der Waals surface area (Å²) in [7, 11) is 0. The standard InChI is InChI=1S/C22H18FN3S/c1-15(21-24-25-22(27)26(21)18-10-6-3-7-11-18)17-12-13-19(20(23)14-17)16-8-4-2-5-9-16/h2-15H,1H3,(H,25,27). The smallest absolute Gasteiger partial charge is 0.199 e. The van der Waals surface area contributed by atoms with Crippen LogP contribution in [0, 0.1) is 10.6 Å². The number of H-pyrrole nitrogens is 1. The van der Waals surface area contributed by atoms with Crippen LogP contribution in [-0.4, -0.2) is 14.8 Å². The van der Waals surface area contributed by atoms with Crippen molar-refractivity contribution in [3.8, 4) is 16.8 Å². The third-order valence-electron chi connectivity index (χ3n) is 4.68. The Labute approximate surface area is 162 Å². The molecule has 5 heteroatoms. The molecule has 1 N–H and O–H groups in total. The van der Waals surface area contributed by atoms with E-state index in [0.29, 0.717) is 10.3 Å². The second-order valence-electron chi connectivity index (χ2n) is 6.38. The van der Waals surface area contributed by atoms with Gasteiger partial charge in [-0.2, -0.15) is 5.10 Å². The number of aromatic amines is 1. The number of nitrogens with one attached hydrogen (secondary N) is 1. The van der Waals surface area contributed by atoms with Gasteiger partial charge in [-0.05, 0) is 41.5 Å². The van der Waals surface area contributed by atoms with E-state index in [0.717, 1.165) is 22.6 Å². The van der Waals surface area contributed by atoms with E-state index in [-0.39, 0.29) is 11.7 Å². The van der Waals surface area contributed by atoms with Crippen LogP contribution in [0.5, 0.6) is 0 Å². The van der Waals surface area contributed by atoms with Gasteiger partial charge in [0.15, 0.2) is 4.77 Å². The molecule has 0 aliphatic carbocycles. The summed E-state index contributed by atoms with van der Waals surface area (Å²) >= 11 is 5.41. The summed E-state index contributed by atoms with van der Waals surface area (Å²) in [6.45, 7) is 2.00. The Balaban J connectivity index is 1.74. The van der Waals surface area contributed by atoms with E-state index in [4.69, 9.17) is 12.2 Å². The molecule has 0 bridgehead atoms. The lowest BCUT2D eigenvalue weighted by atomic mass is 9.96. The summed E-state index contributed by atoms with van der Waals surface area (Å²) in [5, 5.41) is 7.26. The molecule has 0 radical (unpaired) electrons. The number of rotatable bonds is 4. The summed E-state index contributed by atoms with van der Waals surface area (Å²) < 4.78 is 17.2. The normalized spacial score (nSPS) is 12.1. The Morgan fingerprint density at radius 1 is 0.963 bits per heavy atom. The van der Waals surface area contributed by atoms with Gasteiger partial charge in [-0.1, -0.05) is 67.6 Å². The second-order valence-corrected chi connectivity index (χ2v) is 6.77. The van der Waals surface area contributed by atoms with Crippen molar-refractivity contribution in [2.24, 2.45) is 0 Å². The van der Waals surface area contributed by atoms with Gasteiger partial charge in [-0.15, -0.1) is 0 Å². The highest BCUT2D eigenvalue weighted by molar-refractivity contribution is 7.71. The van der Waals surface area contributed by atoms with Gasteiger partial charge < -0.3 is 0 Å². The zero-order chi connectivity index (χ0) is 18.8. The molecular weight excluding hydrogens is 357 g/mol. The molecule has 134 valence electrons. The molecule has 4 aromatic rings. The van der Waals surface area contributed by atoms with Crippen LogP contribution in [-0.2, 0) is 0 Å². The highest BCUT2D eigenvalue weighted by Gasteiger charge is 2.19. The van der Waals surface area contributed by atoms with Crippen LogP contribution in [0.15, 0.2) is 78.9 Å². The van der Waals surface area contributed by atoms with Crippen LogP contribution in [0.3, 0.4) is 0 Å². The molecule has 0 spiro atoms. The minimum atomic E-state index is -0.244. The predicted molar refractivity (Wildman–Crippen MR) is 108 cm³/mol. The fourth-order valence-electron chi connectivity index (χ4n) is 3.23. The van der Waals surface area contributed by atoms with E-state index in [1.165, 1.54) is 0 Å². The van der Waals surface area contributed by atoms with Crippen LogP contribution in [0.2, 0.25) is 0 Å². The highest BCUT2D eigenvalue weighted by Crippen LogP contribution is 2.29. The highest BCUT2D eigenvalue weighted by atomic mass is 32.1. The number of nitrogens with zero attached hydrogens (tertiary/aromatic N) is 2. The number of para-hydroxylation sites is 1. The number of halogens is 1. The minimum absolute atomic E-state index is 0.127. The molecule has 1 atom stereocenters. The molecular formula is C22H18FN3S. The Kier molecular flexibility index (Phi) is 4.69. The van der Waals surface area contributed by atoms with Crippen LogP contribution < -0.4 is 0 Å². The molecule has 27 heavy (non-hydrogen) atoms. The van der Waals surface area contributed by atoms with Crippen molar-refractivity contribution >= 4 is 12.2 Å². The van der Waals surface area contributed by atoms with Gasteiger partial charge in [0.05, 0.1) is 0 Å². The third-order valence-corrected chi connectivity index (χ3v) is 4.95. The monoisotopic (exact) mass is 375 g/mol. The molecule has 0 aliphatic rings. The van der Waals surface area contributed by atoms with Crippen molar-refractivity contribution in [1.82, 2.24) is 14.8 Å². The van der Waals surface area contributed by atoms with Gasteiger partial charge in [0, 0.05) is 17.2 Å². The molecule has 0 fully saturated rings. The number of aromatic nitrogens is 3. The van der Waals surface area contributed by atoms with Crippen molar-refractivity contribution in [3.05, 3.63) is 101 Å². The van der Waals surface area contributed by atoms with E-state index >= 15 is 0 Å². The Hall–Kier alpha value is -3.05. The van der Waals surface area contributed by atoms with Gasteiger partial charge in [0.1, 0.15) is 11.6 Å². The number of hydrogen-bond acceptors (Lipinski definition) is 2. The van der Waals surface area contributed by atoms with E-state index in [1.807, 2.05) is 84.3 Å². The molecule has 0 amide bonds. The Morgan fingerprint density at radius 3 is 2.30 bits per heavy atom. The maximum atomic E-state index is 14.8. The lowest BCUT2D eigenvalue weighted by Crippen LogP contribution is -2.07. The van der Waals surface area contributed by atoms with Crippen LogP contribution in [0.25, 0.3) is 16.8 Å². The van der Waals surface area contributed by atoms with Gasteiger partial charge >= 0.3 is 0 Å². The second kappa shape index (κ2) is 7.29. The Morgan fingerprint density at radius 2 is 1.63 bits per heavy atom. The van der Waals surface area contributed by atoms with Crippen molar-refractivity contribution in [1.29, 1.82) is 0 Å². The largest absolute Gasteiger partial charge is 0.272 e. The SMILES string of the molecule is CC(c1ccc(-c2ccccc2)c(F)c1)c1n[nH]c(=S)n1-c1ccccc1. The van der Waals surface area contributed by atoms with Crippen molar-refractivity contribution in [3.63, 3.8) is 0 Å². The molecule has 1 aromatic heterocycles. The number of hydrogen-bond donors (Lipinski definition) is 1. The molecule has 0 aliphatic heterocycles. The van der Waals surface area contributed by atoms with Gasteiger partial charge in [0.2, 0.25) is 0 Å². The van der Waals surface area contributed by atoms with Gasteiger partial charge in [-0.25, -0.2) is 4.39 Å². The minimum Gasteiger partial charge on any atom is -0.272 e. The summed E-state index contributed by atoms with van der Waals surface area (Å²) in [6.07, 6.45) is 0. The maximum Gasteiger partial charge on any atom is 0.199 e. The molecule has 1 heterocycles. The van der Waals surface area contributed by atoms with E-state index in [2.05, 4.69) is 10.2 Å². The predicted octanol–water partition coefficient (Wildman–Crippen LogP) is 5.89. The molecule has 0 saturated carbocycles. The quantitative estimate of drug-likeness (QED) is 0.451. The van der Waals surface area contributed by atoms with Crippen LogP contribution >= 0.6 is 12.2 Å². The number of benzene rings is 3. The summed E-state index contributed by atoms with van der Waals surface area (Å²) in [5.41, 5.74) is 3.23. The zero-order valence-electron chi connectivity index (χ0n) is 14.8. The van der Waals surface area contributed by atoms with E-state index in [9.17, 15) is 4.39 Å². The van der Waals surface area contributed by atoms with Crippen molar-refractivity contribution in [2.45, 2.75) is 12.8 Å². The zero-order valence-corrected chi connectivity index (χ0v) is 15.6. The molecule has 3 nitrogen and oxygen atoms in total. The maximum absolute atomic E-state index is 14.8. The van der Waals surface area contributed by atoms with Crippen LogP contribution in [0.1, 0.15) is 24.2 Å². The lowest BCUT2D eigenvalue weighted by molar-refractivity contribution is 0.626. The third kappa shape index (κ3) is 3.34. The van der Waals surface area contributed by atoms with E-state index in [1.54, 1.807) is 6.07 Å². The molecule has 0 saturated heterocycles. The van der Waals surface area contributed by atoms with Crippen molar-refractivity contribution in [2.75, 3.05) is 0 Å². The van der Waals surface area contributed by atoms with Gasteiger partial charge in [0.25, 0.3) is 0 Å². The molecule has 4 rings (SSSR count). The first-order valence-corrected chi connectivity index (χ1v) is 9.13. The fourth-order valence-corrected chi connectivity index (χ4v) is 3.47. The average Bonchev–Trinajstić information content (AvgIpc) is 3.10. The molecule has 1 unspecified atom stereocenters. The summed E-state index contributed by atoms with van der Waals surface area (Å²) in [6, 6.07) is 24.7. The lowest BCUT2D eigenvalue weighted by Gasteiger charge is -2.15. The summed E-state index contributed by atoms with van der Waals surface area (Å²) in [4.78, 5) is 0. The fraction of sp³-hybridized carbons (Fsp3) is 0.0909. The average molecular weight is 375 g/mol. The topological polar surface area (TPSA) is 33.6 Å².